The molecular formula is C10H11ClN2O2S. The first-order chi connectivity index (χ1) is 7.58. The van der Waals surface area contributed by atoms with Crippen molar-refractivity contribution in [1.29, 1.82) is 0 Å². The summed E-state index contributed by atoms with van der Waals surface area (Å²) >= 11 is 5.77. The van der Waals surface area contributed by atoms with E-state index < -0.39 is 10.8 Å². The second-order valence-corrected chi connectivity index (χ2v) is 5.42. The zero-order valence-electron chi connectivity index (χ0n) is 8.72. The normalized spacial score (nSPS) is 21.4. The molecule has 86 valence electrons. The van der Waals surface area contributed by atoms with Crippen molar-refractivity contribution in [1.82, 2.24) is 4.90 Å². The lowest BCUT2D eigenvalue weighted by atomic mass is 10.3. The van der Waals surface area contributed by atoms with Crippen LogP contribution < -0.4 is 4.90 Å². The smallest absolute Gasteiger partial charge is 0.315 e. The lowest BCUT2D eigenvalue weighted by Gasteiger charge is -2.32. The largest absolute Gasteiger partial charge is 0.325 e. The quantitative estimate of drug-likeness (QED) is 0.772. The van der Waals surface area contributed by atoms with Crippen LogP contribution in [0.5, 0.6) is 0 Å². The molecule has 1 aliphatic rings. The zero-order valence-corrected chi connectivity index (χ0v) is 10.3. The van der Waals surface area contributed by atoms with Gasteiger partial charge in [0.25, 0.3) is 0 Å². The van der Waals surface area contributed by atoms with E-state index in [0.29, 0.717) is 16.6 Å². The minimum absolute atomic E-state index is 0.137. The van der Waals surface area contributed by atoms with Crippen LogP contribution in [0.1, 0.15) is 0 Å². The first kappa shape index (κ1) is 11.4. The number of hydrogen-bond donors (Lipinski definition) is 0. The van der Waals surface area contributed by atoms with Gasteiger partial charge >= 0.3 is 6.03 Å². The molecule has 0 N–H and O–H groups in total. The van der Waals surface area contributed by atoms with Gasteiger partial charge in [-0.3, -0.25) is 9.11 Å². The number of carbonyl (C=O) groups is 1. The standard InChI is InChI=1S/C10H11ClN2O2S/c1-12-6-16(15)7-13(10(12)14)9-4-2-8(11)3-5-9/h2-5H,6-7H2,1H3. The Kier molecular flexibility index (Phi) is 3.16. The number of carbonyl (C=O) groups excluding carboxylic acids is 1. The third kappa shape index (κ3) is 2.20. The maximum Gasteiger partial charge on any atom is 0.325 e. The van der Waals surface area contributed by atoms with Gasteiger partial charge < -0.3 is 4.90 Å². The summed E-state index contributed by atoms with van der Waals surface area (Å²) in [4.78, 5) is 14.8. The lowest BCUT2D eigenvalue weighted by molar-refractivity contribution is 0.221. The SMILES string of the molecule is CN1CS(=O)CN(c2ccc(Cl)cc2)C1=O. The summed E-state index contributed by atoms with van der Waals surface area (Å²) in [6.07, 6.45) is 0. The molecule has 1 aromatic rings. The highest BCUT2D eigenvalue weighted by molar-refractivity contribution is 7.85. The van der Waals surface area contributed by atoms with Crippen molar-refractivity contribution < 1.29 is 9.00 Å². The van der Waals surface area contributed by atoms with Crippen molar-refractivity contribution in [2.45, 2.75) is 0 Å². The van der Waals surface area contributed by atoms with Gasteiger partial charge in [0.1, 0.15) is 5.88 Å². The number of rotatable bonds is 1. The molecule has 0 spiro atoms. The molecule has 2 amide bonds. The summed E-state index contributed by atoms with van der Waals surface area (Å²) in [6, 6.07) is 6.78. The van der Waals surface area contributed by atoms with Gasteiger partial charge in [0.05, 0.1) is 16.7 Å². The van der Waals surface area contributed by atoms with E-state index in [9.17, 15) is 9.00 Å². The second kappa shape index (κ2) is 4.43. The van der Waals surface area contributed by atoms with Crippen LogP contribution in [0.4, 0.5) is 10.5 Å². The van der Waals surface area contributed by atoms with Gasteiger partial charge in [-0.2, -0.15) is 0 Å². The van der Waals surface area contributed by atoms with Crippen molar-refractivity contribution in [2.75, 3.05) is 23.7 Å². The zero-order chi connectivity index (χ0) is 11.7. The number of urea groups is 1. The van der Waals surface area contributed by atoms with Gasteiger partial charge in [-0.15, -0.1) is 0 Å². The van der Waals surface area contributed by atoms with Crippen molar-refractivity contribution in [3.63, 3.8) is 0 Å². The highest BCUT2D eigenvalue weighted by Gasteiger charge is 2.27. The third-order valence-corrected chi connectivity index (χ3v) is 3.78. The van der Waals surface area contributed by atoms with Gasteiger partial charge in [-0.25, -0.2) is 4.79 Å². The van der Waals surface area contributed by atoms with Gasteiger partial charge in [0, 0.05) is 17.8 Å². The Balaban J connectivity index is 2.28. The molecule has 0 aliphatic carbocycles. The molecule has 0 aromatic heterocycles. The van der Waals surface area contributed by atoms with E-state index in [-0.39, 0.29) is 11.9 Å². The van der Waals surface area contributed by atoms with Crippen molar-refractivity contribution in [3.05, 3.63) is 29.3 Å². The van der Waals surface area contributed by atoms with Crippen molar-refractivity contribution >= 4 is 34.1 Å². The molecule has 1 saturated heterocycles. The minimum atomic E-state index is -1.03. The second-order valence-electron chi connectivity index (χ2n) is 3.58. The Bertz CT molecular complexity index is 435. The maximum absolute atomic E-state index is 11.8. The number of benzene rings is 1. The van der Waals surface area contributed by atoms with Crippen molar-refractivity contribution in [2.24, 2.45) is 0 Å². The summed E-state index contributed by atoms with van der Waals surface area (Å²) in [5.41, 5.74) is 0.717. The van der Waals surface area contributed by atoms with E-state index in [1.54, 1.807) is 31.3 Å². The van der Waals surface area contributed by atoms with Gasteiger partial charge in [0.15, 0.2) is 0 Å². The minimum Gasteiger partial charge on any atom is -0.315 e. The van der Waals surface area contributed by atoms with E-state index in [2.05, 4.69) is 0 Å². The Labute approximate surface area is 101 Å². The number of amides is 2. The Morgan fingerprint density at radius 3 is 2.50 bits per heavy atom. The first-order valence-electron chi connectivity index (χ1n) is 4.71. The van der Waals surface area contributed by atoms with E-state index in [4.69, 9.17) is 11.6 Å². The Morgan fingerprint density at radius 1 is 1.25 bits per heavy atom. The molecule has 6 heteroatoms. The fourth-order valence-electron chi connectivity index (χ4n) is 1.52. The number of hydrogen-bond acceptors (Lipinski definition) is 2. The molecule has 2 rings (SSSR count). The molecule has 16 heavy (non-hydrogen) atoms. The van der Waals surface area contributed by atoms with Crippen LogP contribution in [0.3, 0.4) is 0 Å². The third-order valence-electron chi connectivity index (χ3n) is 2.31. The van der Waals surface area contributed by atoms with Crippen LogP contribution >= 0.6 is 11.6 Å². The molecule has 0 saturated carbocycles. The van der Waals surface area contributed by atoms with Crippen molar-refractivity contribution in [3.8, 4) is 0 Å². The predicted molar refractivity (Wildman–Crippen MR) is 65.0 cm³/mol. The highest BCUT2D eigenvalue weighted by Crippen LogP contribution is 2.21. The molecule has 1 aliphatic heterocycles. The number of nitrogens with zero attached hydrogens (tertiary/aromatic N) is 2. The highest BCUT2D eigenvalue weighted by atomic mass is 35.5. The fraction of sp³-hybridized carbons (Fsp3) is 0.300. The van der Waals surface area contributed by atoms with E-state index >= 15 is 0 Å². The van der Waals surface area contributed by atoms with E-state index in [1.807, 2.05) is 0 Å². The lowest BCUT2D eigenvalue weighted by Crippen LogP contribution is -2.50. The van der Waals surface area contributed by atoms with E-state index in [0.717, 1.165) is 0 Å². The van der Waals surface area contributed by atoms with Crippen LogP contribution in [0.2, 0.25) is 5.02 Å². The average molecular weight is 259 g/mol. The monoisotopic (exact) mass is 258 g/mol. The molecule has 1 fully saturated rings. The van der Waals surface area contributed by atoms with Gasteiger partial charge in [-0.05, 0) is 24.3 Å². The number of halogens is 1. The summed E-state index contributed by atoms with van der Waals surface area (Å²) in [5.74, 6) is 0.535. The van der Waals surface area contributed by atoms with Gasteiger partial charge in [0.2, 0.25) is 0 Å². The molecular weight excluding hydrogens is 248 g/mol. The van der Waals surface area contributed by atoms with E-state index in [1.165, 1.54) is 9.80 Å². The number of anilines is 1. The topological polar surface area (TPSA) is 40.6 Å². The Morgan fingerprint density at radius 2 is 1.88 bits per heavy atom. The summed E-state index contributed by atoms with van der Waals surface area (Å²) in [7, 11) is 0.612. The molecule has 1 heterocycles. The first-order valence-corrected chi connectivity index (χ1v) is 6.57. The molecule has 1 unspecified atom stereocenters. The summed E-state index contributed by atoms with van der Waals surface area (Å²) < 4.78 is 11.5. The van der Waals surface area contributed by atoms with Crippen LogP contribution in [0.25, 0.3) is 0 Å². The molecule has 1 atom stereocenters. The summed E-state index contributed by atoms with van der Waals surface area (Å²) in [5, 5.41) is 0.614. The fourth-order valence-corrected chi connectivity index (χ4v) is 2.82. The maximum atomic E-state index is 11.8. The van der Waals surface area contributed by atoms with Crippen LogP contribution in [-0.4, -0.2) is 33.9 Å². The molecule has 0 radical (unpaired) electrons. The molecule has 4 nitrogen and oxygen atoms in total. The van der Waals surface area contributed by atoms with Gasteiger partial charge in [-0.1, -0.05) is 11.6 Å². The van der Waals surface area contributed by atoms with Crippen LogP contribution in [-0.2, 0) is 10.8 Å². The Hall–Kier alpha value is -1.07. The summed E-state index contributed by atoms with van der Waals surface area (Å²) in [6.45, 7) is 0. The molecule has 1 aromatic carbocycles. The molecule has 0 bridgehead atoms. The van der Waals surface area contributed by atoms with Crippen LogP contribution in [0, 0.1) is 0 Å². The predicted octanol–water partition coefficient (Wildman–Crippen LogP) is 1.88. The average Bonchev–Trinajstić information content (AvgIpc) is 2.25. The van der Waals surface area contributed by atoms with Crippen LogP contribution in [0.15, 0.2) is 24.3 Å².